The number of rotatable bonds is 6. The Morgan fingerprint density at radius 3 is 2.57 bits per heavy atom. The first-order valence-electron chi connectivity index (χ1n) is 8.04. The van der Waals surface area contributed by atoms with E-state index < -0.39 is 23.6 Å². The highest BCUT2D eigenvalue weighted by Crippen LogP contribution is 2.38. The topological polar surface area (TPSA) is 89.7 Å². The molecule has 2 aromatic carbocycles. The number of thioether (sulfide) groups is 1. The van der Waals surface area contributed by atoms with Crippen molar-refractivity contribution in [1.29, 1.82) is 0 Å². The molecule has 2 aromatic rings. The molecular weight excluding hydrogens is 423 g/mol. The number of nitrogens with two attached hydrogens (primary N) is 1. The summed E-state index contributed by atoms with van der Waals surface area (Å²) in [6.45, 7) is -0.220. The van der Waals surface area contributed by atoms with Crippen LogP contribution in [0.3, 0.4) is 0 Å². The number of carbonyl (C=O) groups is 3. The lowest BCUT2D eigenvalue weighted by Gasteiger charge is -2.12. The van der Waals surface area contributed by atoms with Gasteiger partial charge in [0.25, 0.3) is 11.1 Å². The number of ether oxygens (including phenoxy) is 1. The minimum absolute atomic E-state index is 0.120. The third-order valence-electron chi connectivity index (χ3n) is 3.74. The zero-order valence-electron chi connectivity index (χ0n) is 14.4. The van der Waals surface area contributed by atoms with E-state index in [4.69, 9.17) is 33.7 Å². The first-order valence-corrected chi connectivity index (χ1v) is 9.62. The molecule has 2 N–H and O–H groups in total. The maximum absolute atomic E-state index is 12.4. The molecule has 0 bridgehead atoms. The van der Waals surface area contributed by atoms with Crippen LogP contribution in [0.15, 0.2) is 47.4 Å². The van der Waals surface area contributed by atoms with Gasteiger partial charge in [-0.05, 0) is 35.5 Å². The summed E-state index contributed by atoms with van der Waals surface area (Å²) in [5, 5.41) is 0.0423. The highest BCUT2D eigenvalue weighted by molar-refractivity contribution is 8.18. The van der Waals surface area contributed by atoms with Gasteiger partial charge in [0, 0.05) is 10.6 Å². The van der Waals surface area contributed by atoms with Crippen molar-refractivity contribution in [2.45, 2.75) is 6.61 Å². The van der Waals surface area contributed by atoms with Gasteiger partial charge in [0.05, 0.1) is 9.93 Å². The van der Waals surface area contributed by atoms with Crippen LogP contribution in [0, 0.1) is 0 Å². The number of imide groups is 1. The van der Waals surface area contributed by atoms with Gasteiger partial charge in [-0.3, -0.25) is 19.3 Å². The van der Waals surface area contributed by atoms with Crippen molar-refractivity contribution in [1.82, 2.24) is 4.90 Å². The Kier molecular flexibility index (Phi) is 6.28. The van der Waals surface area contributed by atoms with E-state index in [0.29, 0.717) is 28.1 Å². The van der Waals surface area contributed by atoms with Crippen LogP contribution in [0.2, 0.25) is 10.0 Å². The average molecular weight is 437 g/mol. The quantitative estimate of drug-likeness (QED) is 0.688. The monoisotopic (exact) mass is 436 g/mol. The van der Waals surface area contributed by atoms with Crippen LogP contribution in [0.25, 0.3) is 6.08 Å². The molecular formula is C19H14Cl2N2O4S. The third-order valence-corrected chi connectivity index (χ3v) is 5.14. The van der Waals surface area contributed by atoms with E-state index in [9.17, 15) is 14.4 Å². The number of primary amides is 1. The summed E-state index contributed by atoms with van der Waals surface area (Å²) in [5.74, 6) is -1.06. The van der Waals surface area contributed by atoms with E-state index in [2.05, 4.69) is 0 Å². The molecule has 3 amide bonds. The van der Waals surface area contributed by atoms with Crippen molar-refractivity contribution < 1.29 is 19.1 Å². The van der Waals surface area contributed by atoms with E-state index in [0.717, 1.165) is 10.5 Å². The number of carbonyl (C=O) groups excluding carboxylic acids is 3. The van der Waals surface area contributed by atoms with Crippen molar-refractivity contribution in [2.75, 3.05) is 6.54 Å². The number of hydrogen-bond donors (Lipinski definition) is 1. The number of benzene rings is 2. The standard InChI is InChI=1S/C19H14Cl2N2O4S/c20-13-6-12(7-15-18(25)23(9-16(22)24)19(26)28-15)17(14(21)8-13)27-10-11-4-2-1-3-5-11/h1-8H,9-10H2,(H2,22,24)/b15-7-. The normalized spacial score (nSPS) is 15.4. The summed E-state index contributed by atoms with van der Waals surface area (Å²) in [5.41, 5.74) is 6.46. The highest BCUT2D eigenvalue weighted by atomic mass is 35.5. The predicted octanol–water partition coefficient (Wildman–Crippen LogP) is 4.09. The van der Waals surface area contributed by atoms with Crippen LogP contribution in [0.1, 0.15) is 11.1 Å². The molecule has 0 aromatic heterocycles. The number of hydrogen-bond acceptors (Lipinski definition) is 5. The largest absolute Gasteiger partial charge is 0.487 e. The lowest BCUT2D eigenvalue weighted by Crippen LogP contribution is -2.36. The van der Waals surface area contributed by atoms with E-state index in [1.807, 2.05) is 30.3 Å². The van der Waals surface area contributed by atoms with Gasteiger partial charge in [-0.1, -0.05) is 53.5 Å². The molecule has 0 spiro atoms. The van der Waals surface area contributed by atoms with Crippen molar-refractivity contribution in [3.8, 4) is 5.75 Å². The molecule has 0 radical (unpaired) electrons. The summed E-state index contributed by atoms with van der Waals surface area (Å²) in [7, 11) is 0. The van der Waals surface area contributed by atoms with E-state index in [1.54, 1.807) is 6.07 Å². The Hall–Kier alpha value is -2.48. The Balaban J connectivity index is 1.91. The minimum Gasteiger partial charge on any atom is -0.487 e. The Bertz CT molecular complexity index is 979. The Labute approximate surface area is 175 Å². The van der Waals surface area contributed by atoms with Crippen LogP contribution in [-0.2, 0) is 16.2 Å². The van der Waals surface area contributed by atoms with E-state index >= 15 is 0 Å². The lowest BCUT2D eigenvalue weighted by atomic mass is 10.1. The molecule has 1 aliphatic rings. The molecule has 28 heavy (non-hydrogen) atoms. The molecule has 9 heteroatoms. The second-order valence-corrected chi connectivity index (χ2v) is 7.65. The molecule has 0 unspecified atom stereocenters. The summed E-state index contributed by atoms with van der Waals surface area (Å²) >= 11 is 13.1. The van der Waals surface area contributed by atoms with Gasteiger partial charge >= 0.3 is 0 Å². The van der Waals surface area contributed by atoms with Crippen LogP contribution < -0.4 is 10.5 Å². The molecule has 1 saturated heterocycles. The van der Waals surface area contributed by atoms with Crippen LogP contribution >= 0.6 is 35.0 Å². The first kappa shape index (κ1) is 20.3. The van der Waals surface area contributed by atoms with Gasteiger partial charge in [0.1, 0.15) is 18.9 Å². The third kappa shape index (κ3) is 4.67. The van der Waals surface area contributed by atoms with Gasteiger partial charge in [-0.25, -0.2) is 0 Å². The van der Waals surface area contributed by atoms with Crippen LogP contribution in [0.5, 0.6) is 5.75 Å². The fourth-order valence-corrected chi connectivity index (χ4v) is 3.90. The number of nitrogens with zero attached hydrogens (tertiary/aromatic N) is 1. The smallest absolute Gasteiger partial charge is 0.294 e. The summed E-state index contributed by atoms with van der Waals surface area (Å²) in [4.78, 5) is 36.4. The van der Waals surface area contributed by atoms with E-state index in [1.165, 1.54) is 12.1 Å². The van der Waals surface area contributed by atoms with Crippen molar-refractivity contribution in [3.05, 3.63) is 68.5 Å². The molecule has 0 atom stereocenters. The molecule has 1 heterocycles. The van der Waals surface area contributed by atoms with Crippen molar-refractivity contribution >= 4 is 58.1 Å². The van der Waals surface area contributed by atoms with E-state index in [-0.39, 0.29) is 16.5 Å². The molecule has 0 aliphatic carbocycles. The molecule has 1 aliphatic heterocycles. The highest BCUT2D eigenvalue weighted by Gasteiger charge is 2.36. The SMILES string of the molecule is NC(=O)CN1C(=O)S/C(=C\c2cc(Cl)cc(Cl)c2OCc2ccccc2)C1=O. The molecule has 1 fully saturated rings. The van der Waals surface area contributed by atoms with Gasteiger partial charge in [0.2, 0.25) is 5.91 Å². The van der Waals surface area contributed by atoms with Gasteiger partial charge in [0.15, 0.2) is 0 Å². The zero-order valence-corrected chi connectivity index (χ0v) is 16.7. The average Bonchev–Trinajstić information content (AvgIpc) is 2.89. The first-order chi connectivity index (χ1) is 13.3. The minimum atomic E-state index is -0.777. The number of halogens is 2. The van der Waals surface area contributed by atoms with Gasteiger partial charge in [-0.2, -0.15) is 0 Å². The van der Waals surface area contributed by atoms with Crippen LogP contribution in [-0.4, -0.2) is 28.5 Å². The predicted molar refractivity (Wildman–Crippen MR) is 109 cm³/mol. The summed E-state index contributed by atoms with van der Waals surface area (Å²) in [6, 6.07) is 12.6. The maximum atomic E-state index is 12.4. The zero-order chi connectivity index (χ0) is 20.3. The van der Waals surface area contributed by atoms with Crippen molar-refractivity contribution in [3.63, 3.8) is 0 Å². The number of amides is 3. The lowest BCUT2D eigenvalue weighted by molar-refractivity contribution is -0.127. The fraction of sp³-hybridized carbons (Fsp3) is 0.105. The molecule has 3 rings (SSSR count). The molecule has 0 saturated carbocycles. The second kappa shape index (κ2) is 8.68. The Morgan fingerprint density at radius 2 is 1.89 bits per heavy atom. The molecule has 144 valence electrons. The van der Waals surface area contributed by atoms with Crippen molar-refractivity contribution in [2.24, 2.45) is 5.73 Å². The summed E-state index contributed by atoms with van der Waals surface area (Å²) < 4.78 is 5.84. The van der Waals surface area contributed by atoms with Crippen LogP contribution in [0.4, 0.5) is 4.79 Å². The fourth-order valence-electron chi connectivity index (χ4n) is 2.50. The maximum Gasteiger partial charge on any atom is 0.294 e. The molecule has 6 nitrogen and oxygen atoms in total. The Morgan fingerprint density at radius 1 is 1.18 bits per heavy atom. The second-order valence-electron chi connectivity index (χ2n) is 5.81. The van der Waals surface area contributed by atoms with Gasteiger partial charge < -0.3 is 10.5 Å². The van der Waals surface area contributed by atoms with Gasteiger partial charge in [-0.15, -0.1) is 0 Å². The summed E-state index contributed by atoms with van der Waals surface area (Å²) in [6.07, 6.45) is 1.46.